The lowest BCUT2D eigenvalue weighted by molar-refractivity contribution is -0.142. The second-order valence-corrected chi connectivity index (χ2v) is 11.5. The predicted molar refractivity (Wildman–Crippen MR) is 164 cm³/mol. The Kier molecular flexibility index (Phi) is 15.3. The molecule has 1 aromatic rings. The van der Waals surface area contributed by atoms with Crippen molar-refractivity contribution < 1.29 is 28.8 Å². The molecule has 1 aliphatic rings. The summed E-state index contributed by atoms with van der Waals surface area (Å²) in [5.41, 5.74) is 17.7. The molecule has 2 rings (SSSR count). The van der Waals surface area contributed by atoms with Gasteiger partial charge in [0.05, 0.1) is 19.1 Å². The van der Waals surface area contributed by atoms with E-state index in [2.05, 4.69) is 21.3 Å². The fraction of sp³-hybridized carbons (Fsp3) is 0.600. The summed E-state index contributed by atoms with van der Waals surface area (Å²) in [6.07, 6.45) is 3.03. The first-order valence-corrected chi connectivity index (χ1v) is 15.2. The number of carbonyl (C=O) groups is 6. The van der Waals surface area contributed by atoms with Gasteiger partial charge in [-0.2, -0.15) is 0 Å². The number of nitrogens with zero attached hydrogens (tertiary/aromatic N) is 1. The molecule has 0 aromatic heterocycles. The van der Waals surface area contributed by atoms with Crippen molar-refractivity contribution in [3.8, 4) is 0 Å². The molecule has 0 bridgehead atoms. The third kappa shape index (κ3) is 12.3. The molecule has 4 unspecified atom stereocenters. The summed E-state index contributed by atoms with van der Waals surface area (Å²) in [5, 5.41) is 10.4. The normalized spacial score (nSPS) is 16.5. The van der Waals surface area contributed by atoms with Gasteiger partial charge in [0.25, 0.3) is 0 Å². The van der Waals surface area contributed by atoms with E-state index < -0.39 is 59.6 Å². The average Bonchev–Trinajstić information content (AvgIpc) is 3.48. The Hall–Kier alpha value is -4.04. The Morgan fingerprint density at radius 3 is 2.27 bits per heavy atom. The van der Waals surface area contributed by atoms with E-state index in [9.17, 15) is 28.8 Å². The minimum absolute atomic E-state index is 0.0169. The van der Waals surface area contributed by atoms with Gasteiger partial charge in [0.2, 0.25) is 35.4 Å². The Labute approximate surface area is 258 Å². The maximum Gasteiger partial charge on any atom is 0.245 e. The van der Waals surface area contributed by atoms with Crippen LogP contribution >= 0.6 is 0 Å². The van der Waals surface area contributed by atoms with Gasteiger partial charge >= 0.3 is 0 Å². The Bertz CT molecular complexity index is 1130. The molecule has 1 saturated heterocycles. The standard InChI is InChI=1S/C30H48N8O6/c1-19(2)15-23(36-26(40)18-35-27(41)21(32)16-20-9-4-3-5-10-20)28(42)37-22(11-6-7-13-31)30(44)38-14-8-12-24(38)29(43)34-17-25(33)39/h3-5,9-10,19,21-24H,6-8,11-18,31-32H2,1-2H3,(H2,33,39)(H,34,43)(H,35,41)(H,36,40)(H,37,42). The molecule has 1 heterocycles. The number of benzene rings is 1. The maximum absolute atomic E-state index is 13.6. The van der Waals surface area contributed by atoms with E-state index in [-0.39, 0.29) is 31.8 Å². The quantitative estimate of drug-likeness (QED) is 0.0948. The van der Waals surface area contributed by atoms with E-state index in [1.165, 1.54) is 4.90 Å². The number of amides is 6. The molecule has 0 spiro atoms. The molecule has 44 heavy (non-hydrogen) atoms. The first kappa shape index (κ1) is 36.2. The van der Waals surface area contributed by atoms with E-state index in [1.807, 2.05) is 44.2 Å². The zero-order valence-corrected chi connectivity index (χ0v) is 25.7. The van der Waals surface area contributed by atoms with Crippen LogP contribution < -0.4 is 38.5 Å². The summed E-state index contributed by atoms with van der Waals surface area (Å²) in [4.78, 5) is 77.5. The average molecular weight is 617 g/mol. The lowest BCUT2D eigenvalue weighted by Crippen LogP contribution is -2.57. The lowest BCUT2D eigenvalue weighted by Gasteiger charge is -2.30. The van der Waals surface area contributed by atoms with Crippen LogP contribution in [0.4, 0.5) is 0 Å². The highest BCUT2D eigenvalue weighted by molar-refractivity contribution is 5.95. The number of rotatable bonds is 18. The second kappa shape index (κ2) is 18.6. The highest BCUT2D eigenvalue weighted by Crippen LogP contribution is 2.20. The Balaban J connectivity index is 2.05. The van der Waals surface area contributed by atoms with E-state index in [4.69, 9.17) is 17.2 Å². The molecular weight excluding hydrogens is 568 g/mol. The Morgan fingerprint density at radius 2 is 1.64 bits per heavy atom. The fourth-order valence-corrected chi connectivity index (χ4v) is 5.03. The molecule has 0 saturated carbocycles. The van der Waals surface area contributed by atoms with E-state index in [0.717, 1.165) is 5.56 Å². The molecule has 6 amide bonds. The van der Waals surface area contributed by atoms with Crippen LogP contribution in [-0.4, -0.2) is 90.7 Å². The number of primary amides is 1. The number of nitrogens with one attached hydrogen (secondary N) is 4. The number of hydrogen-bond donors (Lipinski definition) is 7. The van der Waals surface area contributed by atoms with Gasteiger partial charge in [0.15, 0.2) is 0 Å². The Morgan fingerprint density at radius 1 is 0.932 bits per heavy atom. The first-order valence-electron chi connectivity index (χ1n) is 15.2. The predicted octanol–water partition coefficient (Wildman–Crippen LogP) is -1.59. The van der Waals surface area contributed by atoms with Crippen molar-refractivity contribution in [1.82, 2.24) is 26.2 Å². The summed E-state index contributed by atoms with van der Waals surface area (Å²) in [6.45, 7) is 3.78. The van der Waals surface area contributed by atoms with Crippen LogP contribution in [-0.2, 0) is 35.2 Å². The number of likely N-dealkylation sites (tertiary alicyclic amines) is 1. The molecule has 1 aliphatic heterocycles. The van der Waals surface area contributed by atoms with Crippen molar-refractivity contribution in [2.45, 2.75) is 83.0 Å². The highest BCUT2D eigenvalue weighted by Gasteiger charge is 2.38. The minimum Gasteiger partial charge on any atom is -0.368 e. The van der Waals surface area contributed by atoms with Crippen molar-refractivity contribution >= 4 is 35.4 Å². The molecule has 0 aliphatic carbocycles. The highest BCUT2D eigenvalue weighted by atomic mass is 16.2. The summed E-state index contributed by atoms with van der Waals surface area (Å²) in [7, 11) is 0. The van der Waals surface area contributed by atoms with Gasteiger partial charge in [0, 0.05) is 6.54 Å². The van der Waals surface area contributed by atoms with Gasteiger partial charge in [0.1, 0.15) is 18.1 Å². The van der Waals surface area contributed by atoms with Gasteiger partial charge < -0.3 is 43.4 Å². The van der Waals surface area contributed by atoms with Gasteiger partial charge in [-0.15, -0.1) is 0 Å². The van der Waals surface area contributed by atoms with Crippen molar-refractivity contribution in [3.05, 3.63) is 35.9 Å². The monoisotopic (exact) mass is 616 g/mol. The third-order valence-electron chi connectivity index (χ3n) is 7.25. The summed E-state index contributed by atoms with van der Waals surface area (Å²) in [6, 6.07) is 5.67. The summed E-state index contributed by atoms with van der Waals surface area (Å²) in [5.74, 6) is -3.24. The molecular formula is C30H48N8O6. The molecule has 10 N–H and O–H groups in total. The molecule has 14 heteroatoms. The molecule has 1 aromatic carbocycles. The lowest BCUT2D eigenvalue weighted by atomic mass is 10.0. The van der Waals surface area contributed by atoms with Crippen LogP contribution in [0.2, 0.25) is 0 Å². The van der Waals surface area contributed by atoms with Gasteiger partial charge in [-0.1, -0.05) is 44.2 Å². The summed E-state index contributed by atoms with van der Waals surface area (Å²) < 4.78 is 0. The van der Waals surface area contributed by atoms with Crippen LogP contribution in [0.3, 0.4) is 0 Å². The van der Waals surface area contributed by atoms with E-state index in [0.29, 0.717) is 45.2 Å². The fourth-order valence-electron chi connectivity index (χ4n) is 5.03. The van der Waals surface area contributed by atoms with Gasteiger partial charge in [-0.05, 0) is 63.0 Å². The number of carbonyl (C=O) groups excluding carboxylic acids is 6. The zero-order chi connectivity index (χ0) is 32.6. The SMILES string of the molecule is CC(C)CC(NC(=O)CNC(=O)C(N)Cc1ccccc1)C(=O)NC(CCCCN)C(=O)N1CCCC1C(=O)NCC(N)=O. The van der Waals surface area contributed by atoms with Crippen LogP contribution in [0, 0.1) is 5.92 Å². The molecule has 4 atom stereocenters. The summed E-state index contributed by atoms with van der Waals surface area (Å²) >= 11 is 0. The second-order valence-electron chi connectivity index (χ2n) is 11.5. The first-order chi connectivity index (χ1) is 20.9. The van der Waals surface area contributed by atoms with E-state index in [1.54, 1.807) is 0 Å². The molecule has 1 fully saturated rings. The smallest absolute Gasteiger partial charge is 0.245 e. The number of hydrogen-bond acceptors (Lipinski definition) is 8. The largest absolute Gasteiger partial charge is 0.368 e. The zero-order valence-electron chi connectivity index (χ0n) is 25.7. The van der Waals surface area contributed by atoms with Crippen LogP contribution in [0.1, 0.15) is 57.9 Å². The third-order valence-corrected chi connectivity index (χ3v) is 7.25. The molecule has 244 valence electrons. The van der Waals surface area contributed by atoms with Crippen LogP contribution in [0.15, 0.2) is 30.3 Å². The van der Waals surface area contributed by atoms with Crippen LogP contribution in [0.25, 0.3) is 0 Å². The molecule has 0 radical (unpaired) electrons. The van der Waals surface area contributed by atoms with Crippen molar-refractivity contribution in [1.29, 1.82) is 0 Å². The van der Waals surface area contributed by atoms with Crippen molar-refractivity contribution in [2.75, 3.05) is 26.2 Å². The minimum atomic E-state index is -0.976. The van der Waals surface area contributed by atoms with E-state index >= 15 is 0 Å². The maximum atomic E-state index is 13.6. The van der Waals surface area contributed by atoms with Gasteiger partial charge in [-0.3, -0.25) is 28.8 Å². The number of nitrogens with two attached hydrogens (primary N) is 3. The van der Waals surface area contributed by atoms with Crippen molar-refractivity contribution in [2.24, 2.45) is 23.1 Å². The van der Waals surface area contributed by atoms with Crippen LogP contribution in [0.5, 0.6) is 0 Å². The van der Waals surface area contributed by atoms with Crippen molar-refractivity contribution in [3.63, 3.8) is 0 Å². The number of unbranched alkanes of at least 4 members (excludes halogenated alkanes) is 1. The van der Waals surface area contributed by atoms with Gasteiger partial charge in [-0.25, -0.2) is 0 Å². The topological polar surface area (TPSA) is 232 Å². The molecule has 14 nitrogen and oxygen atoms in total.